The Morgan fingerprint density at radius 2 is 1.61 bits per heavy atom. The van der Waals surface area contributed by atoms with Gasteiger partial charge in [-0.1, -0.05) is 57.0 Å². The number of unbranched alkanes of at least 4 members (excludes halogenated alkanes) is 1. The molecule has 2 aliphatic heterocycles. The van der Waals surface area contributed by atoms with Crippen molar-refractivity contribution >= 4 is 29.2 Å². The van der Waals surface area contributed by atoms with Crippen LogP contribution in [0.2, 0.25) is 5.02 Å². The minimum atomic E-state index is -0.916. The van der Waals surface area contributed by atoms with Crippen molar-refractivity contribution in [1.82, 2.24) is 4.90 Å². The summed E-state index contributed by atoms with van der Waals surface area (Å²) in [6.45, 7) is 8.12. The Hall–Kier alpha value is -3.75. The Balaban J connectivity index is 1.47. The van der Waals surface area contributed by atoms with Gasteiger partial charge in [0.25, 0.3) is 0 Å². The first kappa shape index (κ1) is 31.7. The van der Waals surface area contributed by atoms with Crippen molar-refractivity contribution in [2.75, 3.05) is 38.2 Å². The fourth-order valence-corrected chi connectivity index (χ4v) is 6.58. The highest BCUT2D eigenvalue weighted by atomic mass is 35.5. The van der Waals surface area contributed by atoms with E-state index in [9.17, 15) is 14.7 Å². The van der Waals surface area contributed by atoms with E-state index in [0.717, 1.165) is 59.4 Å². The summed E-state index contributed by atoms with van der Waals surface area (Å²) in [5.74, 6) is -0.297. The first-order valence-corrected chi connectivity index (χ1v) is 15.9. The molecule has 2 N–H and O–H groups in total. The highest BCUT2D eigenvalue weighted by molar-refractivity contribution is 6.30. The molecule has 3 atom stereocenters. The number of carbonyl (C=O) groups excluding carboxylic acids is 1. The highest BCUT2D eigenvalue weighted by Gasteiger charge is 2.48. The smallest absolute Gasteiger partial charge is 0.309 e. The Labute approximate surface area is 264 Å². The number of carboxylic acid groups (broad SMARTS) is 1. The number of fused-ring (bicyclic) bond motifs is 1. The van der Waals surface area contributed by atoms with E-state index in [1.807, 2.05) is 73.3 Å². The second-order valence-corrected chi connectivity index (χ2v) is 11.8. The van der Waals surface area contributed by atoms with Crippen LogP contribution in [0.4, 0.5) is 5.69 Å². The molecule has 0 radical (unpaired) electrons. The summed E-state index contributed by atoms with van der Waals surface area (Å²) >= 11 is 6.35. The molecule has 0 aromatic heterocycles. The Kier molecular flexibility index (Phi) is 10.3. The molecule has 0 saturated carbocycles. The molecule has 0 spiro atoms. The number of ether oxygens (including phenoxy) is 3. The largest absolute Gasteiger partial charge is 0.494 e. The zero-order valence-electron chi connectivity index (χ0n) is 25.6. The maximum Gasteiger partial charge on any atom is 0.309 e. The summed E-state index contributed by atoms with van der Waals surface area (Å²) in [4.78, 5) is 28.7. The first-order chi connectivity index (χ1) is 21.3. The lowest BCUT2D eigenvalue weighted by atomic mass is 9.82. The molecule has 0 bridgehead atoms. The average molecular weight is 621 g/mol. The number of likely N-dealkylation sites (tertiary alicyclic amines) is 1. The van der Waals surface area contributed by atoms with E-state index in [4.69, 9.17) is 25.8 Å². The van der Waals surface area contributed by atoms with Gasteiger partial charge in [0.05, 0.1) is 19.1 Å². The van der Waals surface area contributed by atoms with Crippen molar-refractivity contribution in [3.8, 4) is 17.2 Å². The molecule has 2 heterocycles. The number of carbonyl (C=O) groups is 2. The molecule has 3 aromatic rings. The molecule has 1 unspecified atom stereocenters. The van der Waals surface area contributed by atoms with Crippen LogP contribution >= 0.6 is 11.6 Å². The third-order valence-corrected chi connectivity index (χ3v) is 8.72. The van der Waals surface area contributed by atoms with Crippen LogP contribution in [0.15, 0.2) is 54.6 Å². The van der Waals surface area contributed by atoms with Gasteiger partial charge in [-0.15, -0.1) is 0 Å². The molecule has 1 amide bonds. The molecule has 1 fully saturated rings. The molecule has 3 aromatic carbocycles. The van der Waals surface area contributed by atoms with Gasteiger partial charge in [-0.3, -0.25) is 14.5 Å². The fourth-order valence-electron chi connectivity index (χ4n) is 6.32. The number of halogens is 1. The minimum absolute atomic E-state index is 0.0270. The number of hydrogen-bond donors (Lipinski definition) is 2. The molecule has 2 aliphatic rings. The van der Waals surface area contributed by atoms with E-state index in [-0.39, 0.29) is 18.4 Å². The maximum absolute atomic E-state index is 13.7. The van der Waals surface area contributed by atoms with Crippen LogP contribution in [0.1, 0.15) is 67.8 Å². The van der Waals surface area contributed by atoms with Gasteiger partial charge in [-0.25, -0.2) is 0 Å². The van der Waals surface area contributed by atoms with Crippen LogP contribution in [0.3, 0.4) is 0 Å². The van der Waals surface area contributed by atoms with E-state index in [1.54, 1.807) is 0 Å². The number of benzene rings is 3. The number of rotatable bonds is 12. The lowest BCUT2D eigenvalue weighted by molar-refractivity contribution is -0.143. The number of amides is 1. The SMILES string of the molecule is CCCCOc1ccc([C@H]2C(C(=O)O)[C@@H](c3ccc4c(c3)OCCO4)CN2CC(=O)Nc2c(CC)cc(Cl)cc2CC)cc1. The standard InChI is InChI=1S/C35H41ClN2O6/c1-4-7-14-42-27-11-8-24(9-12-27)34-32(35(40)41)28(25-10-13-29-30(19-25)44-16-15-43-29)20-38(34)21-31(39)37-33-22(5-2)17-26(36)18-23(33)6-3/h8-13,17-19,28,32,34H,4-7,14-16,20-21H2,1-3H3,(H,37,39)(H,40,41)/t28-,32?,34+/m1/s1. The van der Waals surface area contributed by atoms with Crippen LogP contribution in [0.25, 0.3) is 0 Å². The number of anilines is 1. The van der Waals surface area contributed by atoms with Gasteiger partial charge < -0.3 is 24.6 Å². The van der Waals surface area contributed by atoms with Gasteiger partial charge in [0, 0.05) is 29.2 Å². The summed E-state index contributed by atoms with van der Waals surface area (Å²) in [5, 5.41) is 14.4. The number of nitrogens with zero attached hydrogens (tertiary/aromatic N) is 1. The molecule has 1 saturated heterocycles. The quantitative estimate of drug-likeness (QED) is 0.213. The third kappa shape index (κ3) is 6.97. The number of aliphatic carboxylic acids is 1. The van der Waals surface area contributed by atoms with Gasteiger partial charge in [-0.2, -0.15) is 0 Å². The number of nitrogens with one attached hydrogen (secondary N) is 1. The molecule has 8 nitrogen and oxygen atoms in total. The fraction of sp³-hybridized carbons (Fsp3) is 0.429. The number of carboxylic acids is 1. The molecular weight excluding hydrogens is 580 g/mol. The Morgan fingerprint density at radius 1 is 0.955 bits per heavy atom. The van der Waals surface area contributed by atoms with Crippen LogP contribution < -0.4 is 19.5 Å². The van der Waals surface area contributed by atoms with Crippen LogP contribution in [0.5, 0.6) is 17.2 Å². The maximum atomic E-state index is 13.7. The Morgan fingerprint density at radius 3 is 2.25 bits per heavy atom. The van der Waals surface area contributed by atoms with Crippen LogP contribution in [-0.2, 0) is 22.4 Å². The zero-order chi connectivity index (χ0) is 31.2. The van der Waals surface area contributed by atoms with Crippen molar-refractivity contribution in [2.24, 2.45) is 5.92 Å². The molecule has 234 valence electrons. The molecule has 0 aliphatic carbocycles. The number of aryl methyl sites for hydroxylation is 2. The van der Waals surface area contributed by atoms with Gasteiger partial charge >= 0.3 is 5.97 Å². The van der Waals surface area contributed by atoms with Gasteiger partial charge in [0.15, 0.2) is 11.5 Å². The second-order valence-electron chi connectivity index (χ2n) is 11.4. The van der Waals surface area contributed by atoms with E-state index < -0.39 is 17.9 Å². The molecular formula is C35H41ClN2O6. The van der Waals surface area contributed by atoms with Crippen molar-refractivity contribution in [3.05, 3.63) is 81.9 Å². The molecule has 44 heavy (non-hydrogen) atoms. The minimum Gasteiger partial charge on any atom is -0.494 e. The normalized spacial score (nSPS) is 19.5. The molecule has 9 heteroatoms. The summed E-state index contributed by atoms with van der Waals surface area (Å²) in [6.07, 6.45) is 3.43. The van der Waals surface area contributed by atoms with E-state index >= 15 is 0 Å². The van der Waals surface area contributed by atoms with Gasteiger partial charge in [-0.05, 0) is 77.9 Å². The topological polar surface area (TPSA) is 97.3 Å². The van der Waals surface area contributed by atoms with E-state index in [0.29, 0.717) is 42.9 Å². The summed E-state index contributed by atoms with van der Waals surface area (Å²) in [5.41, 5.74) is 4.39. The second kappa shape index (κ2) is 14.4. The van der Waals surface area contributed by atoms with E-state index in [2.05, 4.69) is 12.2 Å². The van der Waals surface area contributed by atoms with Crippen LogP contribution in [-0.4, -0.2) is 54.8 Å². The van der Waals surface area contributed by atoms with Crippen molar-refractivity contribution in [1.29, 1.82) is 0 Å². The third-order valence-electron chi connectivity index (χ3n) is 8.51. The summed E-state index contributed by atoms with van der Waals surface area (Å²) in [6, 6.07) is 16.5. The average Bonchev–Trinajstić information content (AvgIpc) is 3.41. The summed E-state index contributed by atoms with van der Waals surface area (Å²) in [7, 11) is 0. The molecule has 5 rings (SSSR count). The lowest BCUT2D eigenvalue weighted by Crippen LogP contribution is -2.35. The van der Waals surface area contributed by atoms with Gasteiger partial charge in [0.2, 0.25) is 5.91 Å². The van der Waals surface area contributed by atoms with Gasteiger partial charge in [0.1, 0.15) is 19.0 Å². The van der Waals surface area contributed by atoms with Crippen molar-refractivity contribution in [2.45, 2.75) is 58.4 Å². The summed E-state index contributed by atoms with van der Waals surface area (Å²) < 4.78 is 17.4. The predicted octanol–water partition coefficient (Wildman–Crippen LogP) is 6.89. The zero-order valence-corrected chi connectivity index (χ0v) is 26.4. The van der Waals surface area contributed by atoms with Crippen molar-refractivity contribution < 1.29 is 28.9 Å². The lowest BCUT2D eigenvalue weighted by Gasteiger charge is -2.27. The number of hydrogen-bond acceptors (Lipinski definition) is 6. The van der Waals surface area contributed by atoms with Crippen LogP contribution in [0, 0.1) is 5.92 Å². The highest BCUT2D eigenvalue weighted by Crippen LogP contribution is 2.47. The predicted molar refractivity (Wildman–Crippen MR) is 171 cm³/mol. The monoisotopic (exact) mass is 620 g/mol. The Bertz CT molecular complexity index is 1450. The first-order valence-electron chi connectivity index (χ1n) is 15.5. The van der Waals surface area contributed by atoms with Crippen molar-refractivity contribution in [3.63, 3.8) is 0 Å². The van der Waals surface area contributed by atoms with E-state index in [1.165, 1.54) is 0 Å².